The Bertz CT molecular complexity index is 1090. The molecule has 0 fully saturated rings. The van der Waals surface area contributed by atoms with Crippen LogP contribution in [-0.2, 0) is 6.42 Å². The van der Waals surface area contributed by atoms with Crippen molar-refractivity contribution in [2.24, 2.45) is 0 Å². The first-order chi connectivity index (χ1) is 12.3. The highest BCUT2D eigenvalue weighted by molar-refractivity contribution is 9.10. The molecule has 1 aliphatic rings. The summed E-state index contributed by atoms with van der Waals surface area (Å²) in [6, 6.07) is 23.2. The van der Waals surface area contributed by atoms with Crippen LogP contribution in [0, 0.1) is 0 Å². The molecule has 1 aromatic heterocycles. The summed E-state index contributed by atoms with van der Waals surface area (Å²) in [5, 5.41) is 11.0. The number of aromatic nitrogens is 2. The lowest BCUT2D eigenvalue weighted by molar-refractivity contribution is 0.879. The molecule has 0 spiro atoms. The van der Waals surface area contributed by atoms with E-state index in [-0.39, 0.29) is 0 Å². The zero-order valence-corrected chi connectivity index (χ0v) is 15.1. The van der Waals surface area contributed by atoms with E-state index in [1.54, 1.807) is 0 Å². The molecule has 4 aromatic rings. The van der Waals surface area contributed by atoms with Crippen molar-refractivity contribution in [1.82, 2.24) is 9.78 Å². The van der Waals surface area contributed by atoms with E-state index in [2.05, 4.69) is 75.8 Å². The van der Waals surface area contributed by atoms with Crippen molar-refractivity contribution in [1.29, 1.82) is 0 Å². The molecule has 3 nitrogen and oxygen atoms in total. The van der Waals surface area contributed by atoms with Crippen LogP contribution in [0.2, 0.25) is 0 Å². The first-order valence-corrected chi connectivity index (χ1v) is 9.21. The van der Waals surface area contributed by atoms with E-state index in [1.165, 1.54) is 21.9 Å². The Hall–Kier alpha value is -2.59. The maximum Gasteiger partial charge on any atom is 0.133 e. The summed E-state index contributed by atoms with van der Waals surface area (Å²) in [5.41, 5.74) is 4.63. The third kappa shape index (κ3) is 2.29. The molecule has 0 saturated carbocycles. The van der Waals surface area contributed by atoms with Crippen molar-refractivity contribution in [3.8, 4) is 16.9 Å². The summed E-state index contributed by atoms with van der Waals surface area (Å²) in [7, 11) is 0. The summed E-state index contributed by atoms with van der Waals surface area (Å²) in [6.07, 6.45) is 0.998. The van der Waals surface area contributed by atoms with Crippen LogP contribution in [0.4, 0.5) is 5.82 Å². The van der Waals surface area contributed by atoms with E-state index in [0.29, 0.717) is 0 Å². The van der Waals surface area contributed by atoms with Gasteiger partial charge in [0.25, 0.3) is 0 Å². The Morgan fingerprint density at radius 1 is 0.920 bits per heavy atom. The summed E-state index contributed by atoms with van der Waals surface area (Å²) >= 11 is 3.66. The van der Waals surface area contributed by atoms with E-state index >= 15 is 0 Å². The molecule has 25 heavy (non-hydrogen) atoms. The highest BCUT2D eigenvalue weighted by Gasteiger charge is 2.25. The SMILES string of the molecule is Brc1ccccc1-n1nc(-c2cccc3ccccc23)c2c1NCC2. The van der Waals surface area contributed by atoms with Gasteiger partial charge in [0.1, 0.15) is 5.82 Å². The van der Waals surface area contributed by atoms with Gasteiger partial charge in [-0.25, -0.2) is 4.68 Å². The van der Waals surface area contributed by atoms with Gasteiger partial charge in [0.05, 0.1) is 11.4 Å². The summed E-state index contributed by atoms with van der Waals surface area (Å²) < 4.78 is 3.07. The van der Waals surface area contributed by atoms with Crippen molar-refractivity contribution in [3.05, 3.63) is 76.8 Å². The van der Waals surface area contributed by atoms with Crippen LogP contribution >= 0.6 is 15.9 Å². The van der Waals surface area contributed by atoms with E-state index < -0.39 is 0 Å². The maximum absolute atomic E-state index is 5.01. The van der Waals surface area contributed by atoms with Gasteiger partial charge >= 0.3 is 0 Å². The largest absolute Gasteiger partial charge is 0.369 e. The zero-order chi connectivity index (χ0) is 16.8. The molecule has 0 radical (unpaired) electrons. The molecule has 122 valence electrons. The van der Waals surface area contributed by atoms with E-state index in [4.69, 9.17) is 5.10 Å². The molecular weight excluding hydrogens is 374 g/mol. The molecule has 0 unspecified atom stereocenters. The zero-order valence-electron chi connectivity index (χ0n) is 13.5. The van der Waals surface area contributed by atoms with Crippen molar-refractivity contribution in [3.63, 3.8) is 0 Å². The molecule has 0 saturated heterocycles. The number of fused-ring (bicyclic) bond motifs is 2. The monoisotopic (exact) mass is 389 g/mol. The molecule has 0 aliphatic carbocycles. The lowest BCUT2D eigenvalue weighted by atomic mass is 9.99. The maximum atomic E-state index is 5.01. The smallest absolute Gasteiger partial charge is 0.133 e. The first-order valence-electron chi connectivity index (χ1n) is 8.42. The Labute approximate surface area is 154 Å². The fourth-order valence-electron chi connectivity index (χ4n) is 3.62. The van der Waals surface area contributed by atoms with Crippen LogP contribution in [0.15, 0.2) is 71.2 Å². The second-order valence-electron chi connectivity index (χ2n) is 6.24. The number of halogens is 1. The summed E-state index contributed by atoms with van der Waals surface area (Å²) in [4.78, 5) is 0. The van der Waals surface area contributed by atoms with E-state index in [9.17, 15) is 0 Å². The fourth-order valence-corrected chi connectivity index (χ4v) is 4.07. The predicted octanol–water partition coefficient (Wildman–Crippen LogP) is 5.42. The molecule has 1 N–H and O–H groups in total. The number of benzene rings is 3. The van der Waals surface area contributed by atoms with Gasteiger partial charge in [-0.2, -0.15) is 5.10 Å². The minimum Gasteiger partial charge on any atom is -0.369 e. The molecule has 1 aliphatic heterocycles. The Morgan fingerprint density at radius 3 is 2.64 bits per heavy atom. The quantitative estimate of drug-likeness (QED) is 0.495. The molecule has 0 bridgehead atoms. The van der Waals surface area contributed by atoms with Gasteiger partial charge in [-0.3, -0.25) is 0 Å². The minimum absolute atomic E-state index is 0.954. The Balaban J connectivity index is 1.79. The van der Waals surface area contributed by atoms with Gasteiger partial charge in [-0.15, -0.1) is 0 Å². The van der Waals surface area contributed by atoms with E-state index in [0.717, 1.165) is 34.6 Å². The number of anilines is 1. The Kier molecular flexibility index (Phi) is 3.38. The number of hydrogen-bond donors (Lipinski definition) is 1. The summed E-state index contributed by atoms with van der Waals surface area (Å²) in [6.45, 7) is 0.954. The van der Waals surface area contributed by atoms with Crippen molar-refractivity contribution in [2.45, 2.75) is 6.42 Å². The predicted molar refractivity (Wildman–Crippen MR) is 106 cm³/mol. The third-order valence-corrected chi connectivity index (χ3v) is 5.45. The second-order valence-corrected chi connectivity index (χ2v) is 7.10. The Morgan fingerprint density at radius 2 is 1.72 bits per heavy atom. The topological polar surface area (TPSA) is 29.9 Å². The van der Waals surface area contributed by atoms with Gasteiger partial charge in [-0.1, -0.05) is 54.6 Å². The first kappa shape index (κ1) is 14.7. The van der Waals surface area contributed by atoms with Crippen LogP contribution in [0.25, 0.3) is 27.7 Å². The highest BCUT2D eigenvalue weighted by atomic mass is 79.9. The summed E-state index contributed by atoms with van der Waals surface area (Å²) in [5.74, 6) is 1.11. The van der Waals surface area contributed by atoms with Gasteiger partial charge in [0, 0.05) is 22.1 Å². The molecule has 2 heterocycles. The average Bonchev–Trinajstić information content (AvgIpc) is 3.25. The van der Waals surface area contributed by atoms with Gasteiger partial charge in [-0.05, 0) is 45.3 Å². The molecule has 5 rings (SSSR count). The number of rotatable bonds is 2. The van der Waals surface area contributed by atoms with Crippen LogP contribution in [0.1, 0.15) is 5.56 Å². The van der Waals surface area contributed by atoms with Crippen LogP contribution in [-0.4, -0.2) is 16.3 Å². The van der Waals surface area contributed by atoms with Crippen LogP contribution in [0.3, 0.4) is 0 Å². The molecule has 0 atom stereocenters. The molecule has 4 heteroatoms. The highest BCUT2D eigenvalue weighted by Crippen LogP contribution is 2.38. The lowest BCUT2D eigenvalue weighted by Gasteiger charge is -2.08. The van der Waals surface area contributed by atoms with Crippen LogP contribution in [0.5, 0.6) is 0 Å². The van der Waals surface area contributed by atoms with Crippen molar-refractivity contribution in [2.75, 3.05) is 11.9 Å². The third-order valence-electron chi connectivity index (χ3n) is 4.78. The molecule has 0 amide bonds. The second kappa shape index (κ2) is 5.74. The van der Waals surface area contributed by atoms with Crippen molar-refractivity contribution < 1.29 is 0 Å². The molecular formula is C21H16BrN3. The molecule has 3 aromatic carbocycles. The standard InChI is InChI=1S/C21H16BrN3/c22-18-10-3-4-11-19(18)25-21-17(12-13-23-21)20(24-25)16-9-5-7-14-6-1-2-8-15(14)16/h1-11,23H,12-13H2. The number of hydrogen-bond acceptors (Lipinski definition) is 2. The van der Waals surface area contributed by atoms with E-state index in [1.807, 2.05) is 16.8 Å². The number of nitrogens with zero attached hydrogens (tertiary/aromatic N) is 2. The normalized spacial score (nSPS) is 13.0. The number of nitrogens with one attached hydrogen (secondary N) is 1. The van der Waals surface area contributed by atoms with Crippen molar-refractivity contribution >= 4 is 32.5 Å². The fraction of sp³-hybridized carbons (Fsp3) is 0.0952. The number of para-hydroxylation sites is 1. The van der Waals surface area contributed by atoms with Gasteiger partial charge < -0.3 is 5.32 Å². The minimum atomic E-state index is 0.954. The van der Waals surface area contributed by atoms with Crippen LogP contribution < -0.4 is 5.32 Å². The van der Waals surface area contributed by atoms with Gasteiger partial charge in [0.2, 0.25) is 0 Å². The lowest BCUT2D eigenvalue weighted by Crippen LogP contribution is -2.04. The average molecular weight is 390 g/mol. The van der Waals surface area contributed by atoms with Gasteiger partial charge in [0.15, 0.2) is 0 Å².